The van der Waals surface area contributed by atoms with Crippen LogP contribution in [0.2, 0.25) is 0 Å². The summed E-state index contributed by atoms with van der Waals surface area (Å²) in [5, 5.41) is 0. The first-order valence-electron chi connectivity index (χ1n) is 35.0. The van der Waals surface area contributed by atoms with Crippen LogP contribution in [0.4, 0.5) is 0 Å². The standard InChI is InChI=1S/C72H134O6/c1-4-7-10-13-16-19-22-24-26-28-29-30-31-32-33-34-35-36-37-38-39-40-41-42-43-44-46-47-50-53-56-59-62-65-71(74)77-68-69(67-76-70(73)64-61-58-55-52-49-21-18-15-12-9-6-3)78-72(75)66-63-60-57-54-51-48-45-27-25-23-20-17-14-11-8-5-2/h20,23,27-29,45,69H,4-19,21-22,24-26,30-44,46-68H2,1-3H3/b23-20-,29-28-,45-27-. The van der Waals surface area contributed by atoms with Gasteiger partial charge in [-0.2, -0.15) is 0 Å². The highest BCUT2D eigenvalue weighted by atomic mass is 16.6. The lowest BCUT2D eigenvalue weighted by Crippen LogP contribution is -2.30. The molecule has 0 fully saturated rings. The van der Waals surface area contributed by atoms with Crippen molar-refractivity contribution in [1.82, 2.24) is 0 Å². The largest absolute Gasteiger partial charge is 0.462 e. The Balaban J connectivity index is 4.06. The number of esters is 3. The van der Waals surface area contributed by atoms with Gasteiger partial charge in [0.25, 0.3) is 0 Å². The Morgan fingerprint density at radius 3 is 0.731 bits per heavy atom. The Morgan fingerprint density at radius 1 is 0.256 bits per heavy atom. The molecule has 0 rings (SSSR count). The Labute approximate surface area is 486 Å². The first-order chi connectivity index (χ1) is 38.5. The Morgan fingerprint density at radius 2 is 0.462 bits per heavy atom. The molecule has 0 radical (unpaired) electrons. The van der Waals surface area contributed by atoms with E-state index in [-0.39, 0.29) is 31.1 Å². The molecule has 0 saturated carbocycles. The number of ether oxygens (including phenoxy) is 3. The molecule has 78 heavy (non-hydrogen) atoms. The van der Waals surface area contributed by atoms with E-state index in [9.17, 15) is 14.4 Å². The number of hydrogen-bond acceptors (Lipinski definition) is 6. The van der Waals surface area contributed by atoms with E-state index >= 15 is 0 Å². The lowest BCUT2D eigenvalue weighted by atomic mass is 10.0. The molecule has 0 aromatic rings. The van der Waals surface area contributed by atoms with Gasteiger partial charge in [0.15, 0.2) is 6.10 Å². The van der Waals surface area contributed by atoms with Gasteiger partial charge in [-0.15, -0.1) is 0 Å². The van der Waals surface area contributed by atoms with Crippen molar-refractivity contribution in [2.45, 2.75) is 393 Å². The first kappa shape index (κ1) is 75.6. The molecule has 1 unspecified atom stereocenters. The van der Waals surface area contributed by atoms with Gasteiger partial charge in [-0.05, 0) is 77.0 Å². The molecule has 0 heterocycles. The lowest BCUT2D eigenvalue weighted by molar-refractivity contribution is -0.167. The zero-order valence-corrected chi connectivity index (χ0v) is 52.7. The van der Waals surface area contributed by atoms with Gasteiger partial charge in [-0.25, -0.2) is 0 Å². The van der Waals surface area contributed by atoms with Crippen LogP contribution >= 0.6 is 0 Å². The predicted molar refractivity (Wildman–Crippen MR) is 339 cm³/mol. The maximum Gasteiger partial charge on any atom is 0.306 e. The van der Waals surface area contributed by atoms with Gasteiger partial charge in [-0.3, -0.25) is 14.4 Å². The summed E-state index contributed by atoms with van der Waals surface area (Å²) in [4.78, 5) is 38.3. The maximum atomic E-state index is 12.9. The second kappa shape index (κ2) is 67.1. The maximum absolute atomic E-state index is 12.9. The second-order valence-electron chi connectivity index (χ2n) is 23.8. The SMILES string of the molecule is CCCCCC/C=C\C/C=C\CCCCCCCC(=O)OC(COC(=O)CCCCCCCCCCCCC)COC(=O)CCCCCCCCCCCCCCCCCCCCCCC/C=C\CCCCCCCCCC. The Hall–Kier alpha value is -2.37. The molecule has 0 bridgehead atoms. The monoisotopic (exact) mass is 1100 g/mol. The molecule has 0 aromatic heterocycles. The summed E-state index contributed by atoms with van der Waals surface area (Å²) in [6, 6.07) is 0. The molecular weight excluding hydrogens is 961 g/mol. The normalized spacial score (nSPS) is 12.2. The molecule has 1 atom stereocenters. The highest BCUT2D eigenvalue weighted by molar-refractivity contribution is 5.71. The van der Waals surface area contributed by atoms with Crippen LogP contribution in [0, 0.1) is 0 Å². The van der Waals surface area contributed by atoms with Gasteiger partial charge in [0.05, 0.1) is 0 Å². The molecule has 0 amide bonds. The number of rotatable bonds is 65. The van der Waals surface area contributed by atoms with Crippen molar-refractivity contribution in [1.29, 1.82) is 0 Å². The minimum Gasteiger partial charge on any atom is -0.462 e. The Bertz CT molecular complexity index is 1300. The van der Waals surface area contributed by atoms with E-state index < -0.39 is 6.10 Å². The number of carbonyl (C=O) groups excluding carboxylic acids is 3. The van der Waals surface area contributed by atoms with Gasteiger partial charge in [0, 0.05) is 19.3 Å². The summed E-state index contributed by atoms with van der Waals surface area (Å²) >= 11 is 0. The van der Waals surface area contributed by atoms with E-state index in [4.69, 9.17) is 14.2 Å². The summed E-state index contributed by atoms with van der Waals surface area (Å²) in [5.41, 5.74) is 0. The van der Waals surface area contributed by atoms with Crippen LogP contribution in [0.3, 0.4) is 0 Å². The first-order valence-corrected chi connectivity index (χ1v) is 35.0. The van der Waals surface area contributed by atoms with Crippen molar-refractivity contribution in [3.8, 4) is 0 Å². The topological polar surface area (TPSA) is 78.9 Å². The van der Waals surface area contributed by atoms with E-state index in [1.807, 2.05) is 0 Å². The second-order valence-corrected chi connectivity index (χ2v) is 23.8. The van der Waals surface area contributed by atoms with Gasteiger partial charge >= 0.3 is 17.9 Å². The van der Waals surface area contributed by atoms with Crippen LogP contribution in [0.25, 0.3) is 0 Å². The zero-order chi connectivity index (χ0) is 56.4. The van der Waals surface area contributed by atoms with Crippen molar-refractivity contribution >= 4 is 17.9 Å². The van der Waals surface area contributed by atoms with Gasteiger partial charge in [0.1, 0.15) is 13.2 Å². The van der Waals surface area contributed by atoms with Gasteiger partial charge < -0.3 is 14.2 Å². The van der Waals surface area contributed by atoms with E-state index in [2.05, 4.69) is 57.2 Å². The van der Waals surface area contributed by atoms with Crippen molar-refractivity contribution < 1.29 is 28.6 Å². The minimum absolute atomic E-state index is 0.0725. The molecule has 6 nitrogen and oxygen atoms in total. The van der Waals surface area contributed by atoms with Crippen LogP contribution in [0.5, 0.6) is 0 Å². The smallest absolute Gasteiger partial charge is 0.306 e. The molecule has 458 valence electrons. The van der Waals surface area contributed by atoms with Crippen molar-refractivity contribution in [2.24, 2.45) is 0 Å². The van der Waals surface area contributed by atoms with Gasteiger partial charge in [-0.1, -0.05) is 327 Å². The van der Waals surface area contributed by atoms with E-state index in [0.717, 1.165) is 77.0 Å². The van der Waals surface area contributed by atoms with Crippen LogP contribution < -0.4 is 0 Å². The van der Waals surface area contributed by atoms with Gasteiger partial charge in [0.2, 0.25) is 0 Å². The fraction of sp³-hybridized carbons (Fsp3) is 0.875. The highest BCUT2D eigenvalue weighted by Gasteiger charge is 2.19. The zero-order valence-electron chi connectivity index (χ0n) is 52.7. The molecule has 0 spiro atoms. The van der Waals surface area contributed by atoms with Crippen LogP contribution in [0.1, 0.15) is 387 Å². The van der Waals surface area contributed by atoms with Crippen molar-refractivity contribution in [2.75, 3.05) is 13.2 Å². The molecule has 6 heteroatoms. The van der Waals surface area contributed by atoms with E-state index in [0.29, 0.717) is 19.3 Å². The number of carbonyl (C=O) groups is 3. The number of hydrogen-bond donors (Lipinski definition) is 0. The third-order valence-electron chi connectivity index (χ3n) is 15.9. The minimum atomic E-state index is -0.776. The van der Waals surface area contributed by atoms with Crippen molar-refractivity contribution in [3.05, 3.63) is 36.5 Å². The van der Waals surface area contributed by atoms with Crippen LogP contribution in [0.15, 0.2) is 36.5 Å². The molecule has 0 N–H and O–H groups in total. The summed E-state index contributed by atoms with van der Waals surface area (Å²) in [6.45, 7) is 6.66. The quantitative estimate of drug-likeness (QED) is 0.0261. The third kappa shape index (κ3) is 64.5. The summed E-state index contributed by atoms with van der Waals surface area (Å²) in [7, 11) is 0. The fourth-order valence-electron chi connectivity index (χ4n) is 10.6. The van der Waals surface area contributed by atoms with Crippen molar-refractivity contribution in [3.63, 3.8) is 0 Å². The molecule has 0 aliphatic heterocycles. The molecule has 0 aliphatic carbocycles. The lowest BCUT2D eigenvalue weighted by Gasteiger charge is -2.18. The number of unbranched alkanes of at least 4 members (excludes halogenated alkanes) is 48. The summed E-state index contributed by atoms with van der Waals surface area (Å²) in [6.07, 6.45) is 83.4. The molecule has 0 aliphatic rings. The van der Waals surface area contributed by atoms with Crippen LogP contribution in [-0.2, 0) is 28.6 Å². The summed E-state index contributed by atoms with van der Waals surface area (Å²) < 4.78 is 16.9. The average Bonchev–Trinajstić information content (AvgIpc) is 3.44. The molecular formula is C72H134O6. The van der Waals surface area contributed by atoms with E-state index in [1.165, 1.54) is 270 Å². The third-order valence-corrected chi connectivity index (χ3v) is 15.9. The predicted octanol–water partition coefficient (Wildman–Crippen LogP) is 23.9. The number of allylic oxidation sites excluding steroid dienone is 6. The molecule has 0 aromatic carbocycles. The fourth-order valence-corrected chi connectivity index (χ4v) is 10.6. The highest BCUT2D eigenvalue weighted by Crippen LogP contribution is 2.18. The molecule has 0 saturated heterocycles. The summed E-state index contributed by atoms with van der Waals surface area (Å²) in [5.74, 6) is -0.863. The van der Waals surface area contributed by atoms with E-state index in [1.54, 1.807) is 0 Å². The average molecular weight is 1100 g/mol. The van der Waals surface area contributed by atoms with Crippen LogP contribution in [-0.4, -0.2) is 37.2 Å². The Kier molecular flexibility index (Phi) is 65.1.